The number of carbonyl (C=O) groups is 1. The Bertz CT molecular complexity index is 294. The minimum atomic E-state index is 0.0595. The van der Waals surface area contributed by atoms with Gasteiger partial charge in [0.25, 0.3) is 0 Å². The van der Waals surface area contributed by atoms with Crippen LogP contribution in [0, 0.1) is 11.8 Å². The monoisotopic (exact) mass is 179 g/mol. The Morgan fingerprint density at radius 3 is 3.15 bits per heavy atom. The largest absolute Gasteiger partial charge is 0.331 e. The molecule has 1 aliphatic rings. The molecule has 1 fully saturated rings. The van der Waals surface area contributed by atoms with E-state index in [4.69, 9.17) is 0 Å². The van der Waals surface area contributed by atoms with Crippen LogP contribution in [0.5, 0.6) is 0 Å². The van der Waals surface area contributed by atoms with Gasteiger partial charge in [0.1, 0.15) is 0 Å². The molecule has 0 aromatic carbocycles. The topological polar surface area (TPSA) is 57.8 Å². The molecule has 70 valence electrons. The van der Waals surface area contributed by atoms with Crippen LogP contribution in [0.15, 0.2) is 12.4 Å². The normalized spacial score (nSPS) is 25.6. The third-order valence-electron chi connectivity index (χ3n) is 2.48. The van der Waals surface area contributed by atoms with Crippen molar-refractivity contribution in [3.8, 4) is 0 Å². The first-order valence-electron chi connectivity index (χ1n) is 4.55. The lowest BCUT2D eigenvalue weighted by Crippen LogP contribution is -2.13. The molecule has 1 heterocycles. The minimum absolute atomic E-state index is 0.0595. The fourth-order valence-electron chi connectivity index (χ4n) is 1.44. The molecule has 4 heteroatoms. The van der Waals surface area contributed by atoms with E-state index in [1.165, 1.54) is 6.42 Å². The van der Waals surface area contributed by atoms with E-state index in [1.54, 1.807) is 12.4 Å². The molecular weight excluding hydrogens is 166 g/mol. The summed E-state index contributed by atoms with van der Waals surface area (Å²) in [5.41, 5.74) is 0. The first-order chi connectivity index (χ1) is 6.25. The molecule has 13 heavy (non-hydrogen) atoms. The Balaban J connectivity index is 1.79. The quantitative estimate of drug-likeness (QED) is 0.736. The van der Waals surface area contributed by atoms with Crippen LogP contribution in [0.1, 0.15) is 19.8 Å². The van der Waals surface area contributed by atoms with E-state index in [0.717, 1.165) is 5.92 Å². The molecular formula is C9H13N3O. The van der Waals surface area contributed by atoms with E-state index < -0.39 is 0 Å². The molecule has 2 unspecified atom stereocenters. The Kier molecular flexibility index (Phi) is 2.04. The average molecular weight is 179 g/mol. The second-order valence-corrected chi connectivity index (χ2v) is 3.66. The van der Waals surface area contributed by atoms with E-state index in [9.17, 15) is 4.79 Å². The Hall–Kier alpha value is -1.32. The van der Waals surface area contributed by atoms with Gasteiger partial charge in [-0.25, -0.2) is 4.98 Å². The molecule has 2 N–H and O–H groups in total. The highest BCUT2D eigenvalue weighted by molar-refractivity contribution is 5.89. The Labute approximate surface area is 76.8 Å². The number of hydrogen-bond donors (Lipinski definition) is 2. The second kappa shape index (κ2) is 3.20. The van der Waals surface area contributed by atoms with Crippen molar-refractivity contribution in [2.45, 2.75) is 19.8 Å². The summed E-state index contributed by atoms with van der Waals surface area (Å²) in [6, 6.07) is 0. The number of nitrogens with zero attached hydrogens (tertiary/aromatic N) is 1. The Morgan fingerprint density at radius 2 is 2.62 bits per heavy atom. The maximum Gasteiger partial charge on any atom is 0.226 e. The van der Waals surface area contributed by atoms with E-state index >= 15 is 0 Å². The lowest BCUT2D eigenvalue weighted by Gasteiger charge is -1.99. The van der Waals surface area contributed by atoms with Crippen molar-refractivity contribution in [2.24, 2.45) is 11.8 Å². The fourth-order valence-corrected chi connectivity index (χ4v) is 1.44. The summed E-state index contributed by atoms with van der Waals surface area (Å²) >= 11 is 0. The van der Waals surface area contributed by atoms with Crippen LogP contribution in [0.25, 0.3) is 0 Å². The van der Waals surface area contributed by atoms with Crippen LogP contribution in [0.3, 0.4) is 0 Å². The van der Waals surface area contributed by atoms with Gasteiger partial charge in [0, 0.05) is 18.8 Å². The van der Waals surface area contributed by atoms with Gasteiger partial charge in [-0.1, -0.05) is 6.92 Å². The molecule has 2 atom stereocenters. The number of rotatable bonds is 3. The van der Waals surface area contributed by atoms with Crippen molar-refractivity contribution in [2.75, 3.05) is 5.32 Å². The van der Waals surface area contributed by atoms with Gasteiger partial charge in [0.05, 0.1) is 0 Å². The molecule has 0 radical (unpaired) electrons. The second-order valence-electron chi connectivity index (χ2n) is 3.66. The first-order valence-corrected chi connectivity index (χ1v) is 4.55. The standard InChI is InChI=1S/C9H13N3O/c1-6-4-7(6)5-8(13)12-9-10-2-3-11-9/h2-3,6-7H,4-5H2,1H3,(H2,10,11,12,13). The molecule has 0 aliphatic heterocycles. The summed E-state index contributed by atoms with van der Waals surface area (Å²) < 4.78 is 0. The fraction of sp³-hybridized carbons (Fsp3) is 0.556. The van der Waals surface area contributed by atoms with Crippen molar-refractivity contribution in [1.29, 1.82) is 0 Å². The van der Waals surface area contributed by atoms with Gasteiger partial charge in [-0.15, -0.1) is 0 Å². The van der Waals surface area contributed by atoms with E-state index in [2.05, 4.69) is 22.2 Å². The van der Waals surface area contributed by atoms with Crippen LogP contribution in [0.4, 0.5) is 5.95 Å². The summed E-state index contributed by atoms with van der Waals surface area (Å²) in [7, 11) is 0. The number of carbonyl (C=O) groups excluding carboxylic acids is 1. The lowest BCUT2D eigenvalue weighted by atomic mass is 10.2. The van der Waals surface area contributed by atoms with Crippen molar-refractivity contribution in [3.05, 3.63) is 12.4 Å². The molecule has 2 rings (SSSR count). The predicted octanol–water partition coefficient (Wildman–Crippen LogP) is 1.39. The van der Waals surface area contributed by atoms with E-state index in [0.29, 0.717) is 18.3 Å². The van der Waals surface area contributed by atoms with E-state index in [-0.39, 0.29) is 5.91 Å². The van der Waals surface area contributed by atoms with Crippen LogP contribution in [0.2, 0.25) is 0 Å². The van der Waals surface area contributed by atoms with E-state index in [1.807, 2.05) is 0 Å². The summed E-state index contributed by atoms with van der Waals surface area (Å²) in [5, 5.41) is 2.71. The third-order valence-corrected chi connectivity index (χ3v) is 2.48. The molecule has 0 saturated heterocycles. The number of hydrogen-bond acceptors (Lipinski definition) is 2. The van der Waals surface area contributed by atoms with Crippen LogP contribution >= 0.6 is 0 Å². The zero-order valence-electron chi connectivity index (χ0n) is 7.58. The van der Waals surface area contributed by atoms with Gasteiger partial charge in [-0.05, 0) is 18.3 Å². The zero-order valence-corrected chi connectivity index (χ0v) is 7.58. The molecule has 1 saturated carbocycles. The number of aromatic amines is 1. The lowest BCUT2D eigenvalue weighted by molar-refractivity contribution is -0.116. The number of nitrogens with one attached hydrogen (secondary N) is 2. The summed E-state index contributed by atoms with van der Waals surface area (Å²) in [6.07, 6.45) is 5.12. The zero-order chi connectivity index (χ0) is 9.26. The molecule has 4 nitrogen and oxygen atoms in total. The molecule has 0 spiro atoms. The predicted molar refractivity (Wildman–Crippen MR) is 49.1 cm³/mol. The van der Waals surface area contributed by atoms with Gasteiger partial charge < -0.3 is 4.98 Å². The average Bonchev–Trinajstić information content (AvgIpc) is 2.61. The number of aromatic nitrogens is 2. The van der Waals surface area contributed by atoms with Gasteiger partial charge in [0.15, 0.2) is 0 Å². The summed E-state index contributed by atoms with van der Waals surface area (Å²) in [5.74, 6) is 1.92. The summed E-state index contributed by atoms with van der Waals surface area (Å²) in [6.45, 7) is 2.17. The highest BCUT2D eigenvalue weighted by atomic mass is 16.1. The smallest absolute Gasteiger partial charge is 0.226 e. The molecule has 0 bridgehead atoms. The number of amides is 1. The van der Waals surface area contributed by atoms with Gasteiger partial charge in [0.2, 0.25) is 11.9 Å². The third kappa shape index (κ3) is 2.08. The maximum atomic E-state index is 11.3. The van der Waals surface area contributed by atoms with Crippen LogP contribution < -0.4 is 5.32 Å². The van der Waals surface area contributed by atoms with Gasteiger partial charge in [-0.2, -0.15) is 0 Å². The first kappa shape index (κ1) is 8.29. The van der Waals surface area contributed by atoms with Crippen molar-refractivity contribution in [1.82, 2.24) is 9.97 Å². The van der Waals surface area contributed by atoms with Crippen LogP contribution in [-0.4, -0.2) is 15.9 Å². The molecule has 1 aliphatic carbocycles. The van der Waals surface area contributed by atoms with Gasteiger partial charge in [-0.3, -0.25) is 10.1 Å². The number of imidazole rings is 1. The van der Waals surface area contributed by atoms with Crippen molar-refractivity contribution in [3.63, 3.8) is 0 Å². The number of anilines is 1. The SMILES string of the molecule is CC1CC1CC(=O)Nc1ncc[nH]1. The molecule has 1 aromatic rings. The molecule has 1 amide bonds. The van der Waals surface area contributed by atoms with Gasteiger partial charge >= 0.3 is 0 Å². The number of H-pyrrole nitrogens is 1. The van der Waals surface area contributed by atoms with Crippen LogP contribution in [-0.2, 0) is 4.79 Å². The van der Waals surface area contributed by atoms with Crippen molar-refractivity contribution < 1.29 is 4.79 Å². The Morgan fingerprint density at radius 1 is 1.85 bits per heavy atom. The van der Waals surface area contributed by atoms with Crippen molar-refractivity contribution >= 4 is 11.9 Å². The maximum absolute atomic E-state index is 11.3. The summed E-state index contributed by atoms with van der Waals surface area (Å²) in [4.78, 5) is 18.1. The molecule has 1 aromatic heterocycles. The minimum Gasteiger partial charge on any atom is -0.331 e. The highest BCUT2D eigenvalue weighted by Gasteiger charge is 2.34. The highest BCUT2D eigenvalue weighted by Crippen LogP contribution is 2.40.